The summed E-state index contributed by atoms with van der Waals surface area (Å²) in [6, 6.07) is 21.9. The van der Waals surface area contributed by atoms with E-state index in [1.165, 1.54) is 0 Å². The van der Waals surface area contributed by atoms with Crippen LogP contribution in [0.5, 0.6) is 5.75 Å². The molecule has 1 spiro atoms. The number of hydrogen-bond acceptors (Lipinski definition) is 8. The van der Waals surface area contributed by atoms with E-state index in [1.54, 1.807) is 13.3 Å². The first-order chi connectivity index (χ1) is 24.0. The van der Waals surface area contributed by atoms with Crippen molar-refractivity contribution in [3.05, 3.63) is 96.6 Å². The molecule has 5 heterocycles. The number of amides is 2. The molecular weight excluding hydrogens is 616 g/mol. The van der Waals surface area contributed by atoms with Gasteiger partial charge in [0.05, 0.1) is 41.6 Å². The molecule has 3 aliphatic rings. The lowest BCUT2D eigenvalue weighted by Crippen LogP contribution is -2.47. The number of nitrogens with one attached hydrogen (secondary N) is 1. The van der Waals surface area contributed by atoms with Gasteiger partial charge in [0.15, 0.2) is 0 Å². The third-order valence-corrected chi connectivity index (χ3v) is 10.6. The highest BCUT2D eigenvalue weighted by Gasteiger charge is 2.49. The number of fused-ring (bicyclic) bond motifs is 1. The number of para-hydroxylation sites is 2. The highest BCUT2D eigenvalue weighted by Crippen LogP contribution is 2.44. The van der Waals surface area contributed by atoms with Crippen LogP contribution in [0.1, 0.15) is 35.3 Å². The number of piperazine rings is 1. The number of carbonyl (C=O) groups excluding carboxylic acids is 2. The Morgan fingerprint density at radius 3 is 2.33 bits per heavy atom. The number of benzene rings is 3. The van der Waals surface area contributed by atoms with Crippen molar-refractivity contribution in [2.45, 2.75) is 25.8 Å². The van der Waals surface area contributed by atoms with Gasteiger partial charge in [-0.3, -0.25) is 24.6 Å². The molecule has 0 aliphatic carbocycles. The molecule has 3 aliphatic heterocycles. The lowest BCUT2D eigenvalue weighted by atomic mass is 9.77. The van der Waals surface area contributed by atoms with Gasteiger partial charge in [-0.25, -0.2) is 4.98 Å². The molecule has 250 valence electrons. The van der Waals surface area contributed by atoms with Crippen molar-refractivity contribution in [2.75, 3.05) is 62.7 Å². The molecule has 0 bridgehead atoms. The van der Waals surface area contributed by atoms with Gasteiger partial charge in [-0.15, -0.1) is 0 Å². The summed E-state index contributed by atoms with van der Waals surface area (Å²) in [5.74, 6) is 0.880. The third-order valence-electron chi connectivity index (χ3n) is 10.6. The molecule has 3 fully saturated rings. The lowest BCUT2D eigenvalue weighted by molar-refractivity contribution is -0.127. The van der Waals surface area contributed by atoms with Crippen molar-refractivity contribution in [1.29, 1.82) is 0 Å². The predicted molar refractivity (Wildman–Crippen MR) is 189 cm³/mol. The van der Waals surface area contributed by atoms with Crippen LogP contribution in [0.25, 0.3) is 22.2 Å². The van der Waals surface area contributed by atoms with E-state index in [1.807, 2.05) is 76.8 Å². The second kappa shape index (κ2) is 13.0. The Hall–Kier alpha value is -5.29. The lowest BCUT2D eigenvalue weighted by Gasteiger charge is -2.38. The van der Waals surface area contributed by atoms with Crippen LogP contribution >= 0.6 is 0 Å². The monoisotopic (exact) mass is 656 g/mol. The van der Waals surface area contributed by atoms with Gasteiger partial charge in [0.1, 0.15) is 5.75 Å². The zero-order chi connectivity index (χ0) is 33.4. The maximum Gasteiger partial charge on any atom is 0.253 e. The minimum Gasteiger partial charge on any atom is -0.496 e. The second-order valence-electron chi connectivity index (χ2n) is 13.3. The number of aromatic nitrogens is 4. The van der Waals surface area contributed by atoms with Crippen LogP contribution < -0.4 is 14.5 Å². The Bertz CT molecular complexity index is 1960. The van der Waals surface area contributed by atoms with Crippen LogP contribution in [0.4, 0.5) is 11.4 Å². The minimum absolute atomic E-state index is 0.0320. The zero-order valence-corrected chi connectivity index (χ0v) is 27.7. The van der Waals surface area contributed by atoms with Gasteiger partial charge >= 0.3 is 0 Å². The first kappa shape index (κ1) is 31.0. The number of likely N-dealkylation sites (tertiary alicyclic amines) is 1. The minimum atomic E-state index is -0.430. The smallest absolute Gasteiger partial charge is 0.253 e. The molecule has 3 saturated heterocycles. The molecule has 2 aromatic heterocycles. The fourth-order valence-electron chi connectivity index (χ4n) is 7.62. The molecule has 11 heteroatoms. The Morgan fingerprint density at radius 1 is 0.857 bits per heavy atom. The van der Waals surface area contributed by atoms with E-state index in [0.29, 0.717) is 43.8 Å². The van der Waals surface area contributed by atoms with Crippen LogP contribution in [0, 0.1) is 5.41 Å². The number of piperidine rings is 1. The Balaban J connectivity index is 0.846. The number of H-pyrrole nitrogens is 1. The molecule has 0 unspecified atom stereocenters. The molecule has 2 amide bonds. The molecule has 8 rings (SSSR count). The fourth-order valence-corrected chi connectivity index (χ4v) is 7.62. The van der Waals surface area contributed by atoms with E-state index in [2.05, 4.69) is 37.1 Å². The standard InChI is InChI=1S/C38H40N8O3/c1-49-35-22-31(10-11-32(35)28-23-40-41-24-28)46-17-14-38(37(46)48)12-15-45(16-13-38)36(47)27-6-8-30(9-7-27)44-20-18-43(19-21-44)26-29-25-39-33-4-2-3-5-34(33)42-29/h2-11,22-25H,12-21,26H2,1H3,(H,40,41). The Morgan fingerprint density at radius 2 is 1.59 bits per heavy atom. The van der Waals surface area contributed by atoms with E-state index < -0.39 is 5.41 Å². The van der Waals surface area contributed by atoms with Gasteiger partial charge in [-0.2, -0.15) is 5.10 Å². The van der Waals surface area contributed by atoms with Gasteiger partial charge in [0.25, 0.3) is 5.91 Å². The Labute approximate surface area is 285 Å². The number of methoxy groups -OCH3 is 1. The number of rotatable bonds is 7. The molecule has 49 heavy (non-hydrogen) atoms. The highest BCUT2D eigenvalue weighted by molar-refractivity contribution is 6.01. The SMILES string of the molecule is COc1cc(N2CCC3(CCN(C(=O)c4ccc(N5CCN(Cc6cnc7ccccc7n6)CC5)cc4)CC3)C2=O)ccc1-c1cn[nH]c1. The summed E-state index contributed by atoms with van der Waals surface area (Å²) in [6.45, 7) is 6.29. The molecule has 5 aromatic rings. The third kappa shape index (κ3) is 5.99. The number of aromatic amines is 1. The normalized spacial score (nSPS) is 18.1. The highest BCUT2D eigenvalue weighted by atomic mass is 16.5. The van der Waals surface area contributed by atoms with E-state index in [0.717, 1.165) is 78.4 Å². The maximum absolute atomic E-state index is 13.8. The van der Waals surface area contributed by atoms with Crippen LogP contribution in [0.3, 0.4) is 0 Å². The number of anilines is 2. The Kier molecular flexibility index (Phi) is 8.20. The number of ether oxygens (including phenoxy) is 1. The van der Waals surface area contributed by atoms with E-state index in [4.69, 9.17) is 9.72 Å². The van der Waals surface area contributed by atoms with Gasteiger partial charge in [-0.05, 0) is 67.8 Å². The topological polar surface area (TPSA) is 111 Å². The van der Waals surface area contributed by atoms with Crippen molar-refractivity contribution in [3.63, 3.8) is 0 Å². The van der Waals surface area contributed by atoms with Gasteiger partial charge < -0.3 is 19.4 Å². The molecule has 1 N–H and O–H groups in total. The van der Waals surface area contributed by atoms with Crippen LogP contribution in [-0.4, -0.2) is 94.7 Å². The first-order valence-corrected chi connectivity index (χ1v) is 17.1. The van der Waals surface area contributed by atoms with Crippen molar-refractivity contribution < 1.29 is 14.3 Å². The van der Waals surface area contributed by atoms with E-state index >= 15 is 0 Å². The van der Waals surface area contributed by atoms with Crippen molar-refractivity contribution in [1.82, 2.24) is 30.0 Å². The first-order valence-electron chi connectivity index (χ1n) is 17.1. The average molecular weight is 657 g/mol. The summed E-state index contributed by atoms with van der Waals surface area (Å²) < 4.78 is 5.67. The van der Waals surface area contributed by atoms with Crippen molar-refractivity contribution >= 4 is 34.2 Å². The summed E-state index contributed by atoms with van der Waals surface area (Å²) in [5, 5.41) is 6.88. The summed E-state index contributed by atoms with van der Waals surface area (Å²) in [7, 11) is 1.64. The molecule has 3 aromatic carbocycles. The summed E-state index contributed by atoms with van der Waals surface area (Å²) in [6.07, 6.45) is 7.59. The summed E-state index contributed by atoms with van der Waals surface area (Å²) in [4.78, 5) is 45.3. The van der Waals surface area contributed by atoms with Crippen molar-refractivity contribution in [2.24, 2.45) is 5.41 Å². The van der Waals surface area contributed by atoms with Crippen LogP contribution in [0.2, 0.25) is 0 Å². The molecule has 11 nitrogen and oxygen atoms in total. The van der Waals surface area contributed by atoms with Crippen molar-refractivity contribution in [3.8, 4) is 16.9 Å². The molecular formula is C38H40N8O3. The molecule has 0 atom stereocenters. The summed E-state index contributed by atoms with van der Waals surface area (Å²) in [5.41, 5.74) is 6.93. The molecule has 0 saturated carbocycles. The molecule has 0 radical (unpaired) electrons. The quantitative estimate of drug-likeness (QED) is 0.261. The number of nitrogens with zero attached hydrogens (tertiary/aromatic N) is 7. The van der Waals surface area contributed by atoms with E-state index in [-0.39, 0.29) is 11.8 Å². The number of carbonyl (C=O) groups is 2. The van der Waals surface area contributed by atoms with Gasteiger partial charge in [0, 0.05) is 92.7 Å². The predicted octanol–water partition coefficient (Wildman–Crippen LogP) is 5.01. The van der Waals surface area contributed by atoms with Gasteiger partial charge in [0.2, 0.25) is 5.91 Å². The second-order valence-corrected chi connectivity index (χ2v) is 13.3. The zero-order valence-electron chi connectivity index (χ0n) is 27.7. The number of hydrogen-bond donors (Lipinski definition) is 1. The average Bonchev–Trinajstić information content (AvgIpc) is 3.80. The van der Waals surface area contributed by atoms with Gasteiger partial charge in [-0.1, -0.05) is 12.1 Å². The largest absolute Gasteiger partial charge is 0.496 e. The van der Waals surface area contributed by atoms with Crippen LogP contribution in [-0.2, 0) is 11.3 Å². The summed E-state index contributed by atoms with van der Waals surface area (Å²) >= 11 is 0. The van der Waals surface area contributed by atoms with E-state index in [9.17, 15) is 9.59 Å². The fraction of sp³-hybridized carbons (Fsp3) is 0.342. The van der Waals surface area contributed by atoms with Crippen LogP contribution in [0.15, 0.2) is 85.3 Å². The maximum atomic E-state index is 13.8.